The predicted molar refractivity (Wildman–Crippen MR) is 115 cm³/mol. The highest BCUT2D eigenvalue weighted by Gasteiger charge is 2.61. The van der Waals surface area contributed by atoms with Gasteiger partial charge >= 0.3 is 11.9 Å². The zero-order valence-corrected chi connectivity index (χ0v) is 19.4. The quantitative estimate of drug-likeness (QED) is 0.480. The molecule has 1 aromatic heterocycles. The van der Waals surface area contributed by atoms with Gasteiger partial charge in [0, 0.05) is 34.5 Å². The second kappa shape index (κ2) is 8.48. The minimum absolute atomic E-state index is 0.0680. The number of ketones is 1. The molecule has 168 valence electrons. The topological polar surface area (TPSA) is 82.8 Å². The monoisotopic (exact) mass is 428 g/mol. The summed E-state index contributed by atoms with van der Waals surface area (Å²) < 4.78 is 17.4. The van der Waals surface area contributed by atoms with E-state index < -0.39 is 17.5 Å². The van der Waals surface area contributed by atoms with Crippen LogP contribution in [0.4, 0.5) is 0 Å². The number of fused-ring (bicyclic) bond motifs is 2. The Balaban J connectivity index is 2.06. The van der Waals surface area contributed by atoms with Crippen LogP contribution in [0.5, 0.6) is 0 Å². The number of carbonyl (C=O) groups is 3. The van der Waals surface area contributed by atoms with E-state index in [1.807, 2.05) is 34.6 Å². The molecule has 0 bridgehead atoms. The van der Waals surface area contributed by atoms with Crippen LogP contribution in [0.15, 0.2) is 34.0 Å². The van der Waals surface area contributed by atoms with Crippen molar-refractivity contribution in [3.8, 4) is 0 Å². The van der Waals surface area contributed by atoms with Crippen LogP contribution in [0.3, 0.4) is 0 Å². The van der Waals surface area contributed by atoms with Crippen molar-refractivity contribution in [1.82, 2.24) is 0 Å². The molecule has 3 rings (SSSR count). The lowest BCUT2D eigenvalue weighted by atomic mass is 9.53. The van der Waals surface area contributed by atoms with Gasteiger partial charge < -0.3 is 13.9 Å². The summed E-state index contributed by atoms with van der Waals surface area (Å²) >= 11 is 0. The largest absolute Gasteiger partial charge is 0.461 e. The van der Waals surface area contributed by atoms with Crippen LogP contribution in [0.2, 0.25) is 0 Å². The summed E-state index contributed by atoms with van der Waals surface area (Å²) in [6.07, 6.45) is 4.76. The normalized spacial score (nSPS) is 30.2. The molecular formula is C25H32O6. The molecular weight excluding hydrogens is 396 g/mol. The number of rotatable bonds is 4. The number of hydrogen-bond acceptors (Lipinski definition) is 6. The van der Waals surface area contributed by atoms with Gasteiger partial charge in [-0.3, -0.25) is 4.79 Å². The summed E-state index contributed by atoms with van der Waals surface area (Å²) in [6, 6.07) is 0. The first-order valence-corrected chi connectivity index (χ1v) is 10.8. The number of esters is 2. The number of ether oxygens (including phenoxy) is 2. The molecule has 31 heavy (non-hydrogen) atoms. The first-order chi connectivity index (χ1) is 14.5. The number of hydrogen-bond donors (Lipinski definition) is 0. The molecule has 0 unspecified atom stereocenters. The molecule has 0 spiro atoms. The van der Waals surface area contributed by atoms with Gasteiger partial charge in [-0.05, 0) is 53.0 Å². The van der Waals surface area contributed by atoms with Crippen LogP contribution in [0, 0.1) is 24.2 Å². The highest BCUT2D eigenvalue weighted by molar-refractivity contribution is 5.99. The summed E-state index contributed by atoms with van der Waals surface area (Å²) in [6.45, 7) is 13.0. The van der Waals surface area contributed by atoms with Crippen molar-refractivity contribution in [3.63, 3.8) is 0 Å². The Labute approximate surface area is 183 Å². The van der Waals surface area contributed by atoms with Gasteiger partial charge in [-0.25, -0.2) is 9.59 Å². The Morgan fingerprint density at radius 3 is 2.48 bits per heavy atom. The minimum Gasteiger partial charge on any atom is -0.461 e. The van der Waals surface area contributed by atoms with Crippen molar-refractivity contribution in [3.05, 3.63) is 46.4 Å². The molecule has 0 N–H and O–H groups in total. The number of Topliss-reactive ketones (excluding diaryl/α,β-unsaturated/α-hetero) is 1. The number of furan rings is 1. The first kappa shape index (κ1) is 23.0. The number of aryl methyl sites for hydroxylation is 1. The van der Waals surface area contributed by atoms with Crippen LogP contribution in [-0.4, -0.2) is 23.8 Å². The van der Waals surface area contributed by atoms with Gasteiger partial charge in [0.25, 0.3) is 0 Å². The van der Waals surface area contributed by atoms with Crippen LogP contribution in [0.25, 0.3) is 0 Å². The number of carbonyl (C=O) groups excluding carboxylic acids is 3. The zero-order chi connectivity index (χ0) is 23.1. The summed E-state index contributed by atoms with van der Waals surface area (Å²) in [5.74, 6) is -1.20. The second-order valence-electron chi connectivity index (χ2n) is 9.26. The maximum Gasteiger partial charge on any atom is 0.334 e. The Bertz CT molecular complexity index is 961. The first-order valence-electron chi connectivity index (χ1n) is 10.8. The van der Waals surface area contributed by atoms with Gasteiger partial charge in [0.05, 0.1) is 6.26 Å². The molecule has 0 radical (unpaired) electrons. The Morgan fingerprint density at radius 2 is 1.87 bits per heavy atom. The molecule has 2 aliphatic rings. The van der Waals surface area contributed by atoms with E-state index in [1.165, 1.54) is 6.08 Å². The minimum atomic E-state index is -0.740. The van der Waals surface area contributed by atoms with E-state index >= 15 is 0 Å². The van der Waals surface area contributed by atoms with Gasteiger partial charge in [-0.15, -0.1) is 0 Å². The third-order valence-corrected chi connectivity index (χ3v) is 7.07. The van der Waals surface area contributed by atoms with Gasteiger partial charge in [-0.1, -0.05) is 25.5 Å². The Morgan fingerprint density at radius 1 is 1.19 bits per heavy atom. The standard InChI is InChI=1S/C25H32O6/c1-8-14(4)24(28)31-23-20-15(5)12-29-22(20)21(27)17-9-10-18(16(6)25(17,23)7)30-19(26)11-13(2)3/h8,11-12,16-18,23H,9-10H2,1-7H3/b14-8-/t16-,17+,18-,23+,25+/m0/s1. The predicted octanol–water partition coefficient (Wildman–Crippen LogP) is 5.27. The summed E-state index contributed by atoms with van der Waals surface area (Å²) in [4.78, 5) is 38.4. The molecule has 6 heteroatoms. The molecule has 0 aromatic carbocycles. The van der Waals surface area contributed by atoms with Crippen molar-refractivity contribution in [2.75, 3.05) is 0 Å². The van der Waals surface area contributed by atoms with Gasteiger partial charge in [0.15, 0.2) is 5.76 Å². The van der Waals surface area contributed by atoms with Gasteiger partial charge in [0.1, 0.15) is 12.2 Å². The summed E-state index contributed by atoms with van der Waals surface area (Å²) in [5, 5.41) is 0. The average Bonchev–Trinajstić information content (AvgIpc) is 3.08. The SMILES string of the molecule is C/C=C(/C)C(=O)O[C@@H]1c2c(C)coc2C(=O)[C@H]2CC[C@H](OC(=O)C=C(C)C)[C@H](C)[C@]21C. The molecule has 1 aromatic rings. The van der Waals surface area contributed by atoms with Crippen molar-refractivity contribution >= 4 is 17.7 Å². The van der Waals surface area contributed by atoms with E-state index in [-0.39, 0.29) is 35.5 Å². The molecule has 0 amide bonds. The fourth-order valence-corrected chi connectivity index (χ4v) is 4.97. The molecule has 1 heterocycles. The van der Waals surface area contributed by atoms with Crippen molar-refractivity contribution in [2.45, 2.75) is 73.5 Å². The van der Waals surface area contributed by atoms with Crippen LogP contribution in [-0.2, 0) is 19.1 Å². The van der Waals surface area contributed by atoms with E-state index in [1.54, 1.807) is 26.2 Å². The van der Waals surface area contributed by atoms with Gasteiger partial charge in [0.2, 0.25) is 5.78 Å². The van der Waals surface area contributed by atoms with Gasteiger partial charge in [-0.2, -0.15) is 0 Å². The van der Waals surface area contributed by atoms with Crippen molar-refractivity contribution < 1.29 is 28.3 Å². The van der Waals surface area contributed by atoms with E-state index in [2.05, 4.69) is 0 Å². The Hall–Kier alpha value is -2.63. The van der Waals surface area contributed by atoms with E-state index in [9.17, 15) is 14.4 Å². The molecule has 5 atom stereocenters. The lowest BCUT2D eigenvalue weighted by Gasteiger charge is -2.53. The lowest BCUT2D eigenvalue weighted by Crippen LogP contribution is -2.55. The molecule has 1 fully saturated rings. The van der Waals surface area contributed by atoms with Crippen LogP contribution in [0.1, 0.15) is 82.2 Å². The Kier molecular flexibility index (Phi) is 6.30. The fraction of sp³-hybridized carbons (Fsp3) is 0.560. The maximum atomic E-state index is 13.3. The summed E-state index contributed by atoms with van der Waals surface area (Å²) in [5.41, 5.74) is 2.02. The zero-order valence-electron chi connectivity index (χ0n) is 19.4. The molecule has 0 aliphatic heterocycles. The van der Waals surface area contributed by atoms with E-state index in [4.69, 9.17) is 13.9 Å². The molecule has 0 saturated heterocycles. The van der Waals surface area contributed by atoms with E-state index in [0.717, 1.165) is 11.1 Å². The van der Waals surface area contributed by atoms with Crippen molar-refractivity contribution in [1.29, 1.82) is 0 Å². The van der Waals surface area contributed by atoms with Crippen LogP contribution >= 0.6 is 0 Å². The number of allylic oxidation sites excluding steroid dienone is 2. The molecule has 6 nitrogen and oxygen atoms in total. The third-order valence-electron chi connectivity index (χ3n) is 7.07. The second-order valence-corrected chi connectivity index (χ2v) is 9.26. The maximum absolute atomic E-state index is 13.3. The highest BCUT2D eigenvalue weighted by atomic mass is 16.6. The molecule has 1 saturated carbocycles. The summed E-state index contributed by atoms with van der Waals surface area (Å²) in [7, 11) is 0. The van der Waals surface area contributed by atoms with E-state index in [0.29, 0.717) is 24.0 Å². The lowest BCUT2D eigenvalue weighted by molar-refractivity contribution is -0.177. The third kappa shape index (κ3) is 3.88. The van der Waals surface area contributed by atoms with Crippen LogP contribution < -0.4 is 0 Å². The highest BCUT2D eigenvalue weighted by Crippen LogP contribution is 2.60. The van der Waals surface area contributed by atoms with Crippen molar-refractivity contribution in [2.24, 2.45) is 17.3 Å². The average molecular weight is 429 g/mol. The fourth-order valence-electron chi connectivity index (χ4n) is 4.97. The molecule has 2 aliphatic carbocycles. The smallest absolute Gasteiger partial charge is 0.334 e.